The second-order valence-corrected chi connectivity index (χ2v) is 3.94. The number of thiol groups is 1. The van der Waals surface area contributed by atoms with E-state index in [-0.39, 0.29) is 5.82 Å². The maximum absolute atomic E-state index is 13.2. The summed E-state index contributed by atoms with van der Waals surface area (Å²) >= 11 is 7.26. The molecule has 70 valence electrons. The van der Waals surface area contributed by atoms with Crippen LogP contribution in [-0.4, -0.2) is 5.75 Å². The predicted octanol–water partition coefficient (Wildman–Crippen LogP) is 3.92. The Labute approximate surface area is 91.4 Å². The summed E-state index contributed by atoms with van der Waals surface area (Å²) in [5.41, 5.74) is 0.616. The van der Waals surface area contributed by atoms with Crippen LogP contribution in [0.2, 0.25) is 0 Å². The van der Waals surface area contributed by atoms with Gasteiger partial charge in [-0.1, -0.05) is 34.1 Å². The van der Waals surface area contributed by atoms with E-state index in [1.54, 1.807) is 12.1 Å². The predicted molar refractivity (Wildman–Crippen MR) is 61.6 cm³/mol. The third kappa shape index (κ3) is 3.53. The smallest absolute Gasteiger partial charge is 0.131 e. The minimum absolute atomic E-state index is 0.204. The molecule has 0 amide bonds. The van der Waals surface area contributed by atoms with Gasteiger partial charge in [-0.2, -0.15) is 12.6 Å². The van der Waals surface area contributed by atoms with Crippen LogP contribution in [0, 0.1) is 5.82 Å². The normalized spacial score (nSPS) is 11.0. The van der Waals surface area contributed by atoms with Gasteiger partial charge in [0.2, 0.25) is 0 Å². The van der Waals surface area contributed by atoms with Gasteiger partial charge in [0.25, 0.3) is 0 Å². The Morgan fingerprint density at radius 3 is 2.85 bits per heavy atom. The average Bonchev–Trinajstić information content (AvgIpc) is 2.09. The lowest BCUT2D eigenvalue weighted by Crippen LogP contribution is -1.81. The second kappa shape index (κ2) is 5.45. The fraction of sp³-hybridized carbons (Fsp3) is 0.200. The number of rotatable bonds is 3. The van der Waals surface area contributed by atoms with E-state index in [9.17, 15) is 4.39 Å². The van der Waals surface area contributed by atoms with Crippen molar-refractivity contribution in [2.75, 3.05) is 5.75 Å². The number of benzene rings is 1. The summed E-state index contributed by atoms with van der Waals surface area (Å²) in [5.74, 6) is 0.582. The molecule has 0 bridgehead atoms. The molecule has 0 aromatic heterocycles. The van der Waals surface area contributed by atoms with Gasteiger partial charge < -0.3 is 0 Å². The van der Waals surface area contributed by atoms with Gasteiger partial charge in [-0.25, -0.2) is 4.39 Å². The first-order valence-electron chi connectivity index (χ1n) is 3.96. The van der Waals surface area contributed by atoms with Crippen molar-refractivity contribution in [2.45, 2.75) is 6.42 Å². The average molecular weight is 261 g/mol. The maximum atomic E-state index is 13.2. The van der Waals surface area contributed by atoms with Crippen LogP contribution in [0.25, 0.3) is 6.08 Å². The van der Waals surface area contributed by atoms with Gasteiger partial charge in [0.05, 0.1) is 0 Å². The van der Waals surface area contributed by atoms with Crippen LogP contribution in [0.1, 0.15) is 12.0 Å². The van der Waals surface area contributed by atoms with E-state index in [0.29, 0.717) is 5.56 Å². The summed E-state index contributed by atoms with van der Waals surface area (Å²) in [4.78, 5) is 0. The largest absolute Gasteiger partial charge is 0.206 e. The van der Waals surface area contributed by atoms with Gasteiger partial charge in [0.1, 0.15) is 5.82 Å². The Balaban J connectivity index is 2.77. The molecule has 0 unspecified atom stereocenters. The van der Waals surface area contributed by atoms with Crippen molar-refractivity contribution >= 4 is 34.6 Å². The monoisotopic (exact) mass is 260 g/mol. The summed E-state index contributed by atoms with van der Waals surface area (Å²) in [6, 6.07) is 5.03. The van der Waals surface area contributed by atoms with Gasteiger partial charge in [-0.3, -0.25) is 0 Å². The fourth-order valence-corrected chi connectivity index (χ4v) is 1.40. The molecule has 0 aliphatic carbocycles. The highest BCUT2D eigenvalue weighted by molar-refractivity contribution is 9.10. The first-order chi connectivity index (χ1) is 6.24. The van der Waals surface area contributed by atoms with Gasteiger partial charge in [-0.15, -0.1) is 0 Å². The highest BCUT2D eigenvalue weighted by atomic mass is 79.9. The number of allylic oxidation sites excluding steroid dienone is 1. The van der Waals surface area contributed by atoms with Crippen molar-refractivity contribution in [3.8, 4) is 0 Å². The molecule has 0 aliphatic rings. The van der Waals surface area contributed by atoms with E-state index in [1.807, 2.05) is 12.1 Å². The first kappa shape index (κ1) is 10.8. The van der Waals surface area contributed by atoms with Crippen molar-refractivity contribution in [3.63, 3.8) is 0 Å². The lowest BCUT2D eigenvalue weighted by Gasteiger charge is -1.96. The number of hydrogen-bond donors (Lipinski definition) is 1. The Morgan fingerprint density at radius 1 is 1.46 bits per heavy atom. The van der Waals surface area contributed by atoms with Crippen LogP contribution < -0.4 is 0 Å². The van der Waals surface area contributed by atoms with Gasteiger partial charge in [0, 0.05) is 10.0 Å². The Morgan fingerprint density at radius 2 is 2.23 bits per heavy atom. The van der Waals surface area contributed by atoms with Gasteiger partial charge in [-0.05, 0) is 24.3 Å². The Bertz CT molecular complexity index is 310. The summed E-state index contributed by atoms with van der Waals surface area (Å²) < 4.78 is 13.9. The molecule has 0 radical (unpaired) electrons. The highest BCUT2D eigenvalue weighted by Gasteiger charge is 1.97. The molecule has 1 aromatic rings. The van der Waals surface area contributed by atoms with Crippen LogP contribution in [0.15, 0.2) is 28.7 Å². The van der Waals surface area contributed by atoms with E-state index in [4.69, 9.17) is 0 Å². The molecule has 0 nitrogen and oxygen atoms in total. The Hall–Kier alpha value is -0.280. The van der Waals surface area contributed by atoms with Crippen LogP contribution in [0.3, 0.4) is 0 Å². The molecule has 0 N–H and O–H groups in total. The minimum Gasteiger partial charge on any atom is -0.206 e. The third-order valence-electron chi connectivity index (χ3n) is 1.56. The molecular weight excluding hydrogens is 251 g/mol. The lowest BCUT2D eigenvalue weighted by molar-refractivity contribution is 0.624. The maximum Gasteiger partial charge on any atom is 0.131 e. The molecule has 0 heterocycles. The fourth-order valence-electron chi connectivity index (χ4n) is 0.922. The van der Waals surface area contributed by atoms with Crippen molar-refractivity contribution in [2.24, 2.45) is 0 Å². The molecule has 1 aromatic carbocycles. The van der Waals surface area contributed by atoms with Crippen LogP contribution >= 0.6 is 28.6 Å². The van der Waals surface area contributed by atoms with Crippen molar-refractivity contribution in [1.82, 2.24) is 0 Å². The number of halogens is 2. The SMILES string of the molecule is Fc1cc(Br)ccc1C=CCCS. The third-order valence-corrected chi connectivity index (χ3v) is 2.31. The standard InChI is InChI=1S/C10H10BrFS/c11-9-5-4-8(10(12)7-9)3-1-2-6-13/h1,3-5,7,13H,2,6H2. The van der Waals surface area contributed by atoms with E-state index in [0.717, 1.165) is 16.6 Å². The van der Waals surface area contributed by atoms with Crippen LogP contribution in [-0.2, 0) is 0 Å². The summed E-state index contributed by atoms with van der Waals surface area (Å²) in [5, 5.41) is 0. The molecule has 0 spiro atoms. The highest BCUT2D eigenvalue weighted by Crippen LogP contribution is 2.16. The molecule has 0 saturated carbocycles. The molecule has 0 atom stereocenters. The molecule has 1 rings (SSSR count). The molecule has 0 aliphatic heterocycles. The quantitative estimate of drug-likeness (QED) is 0.783. The van der Waals surface area contributed by atoms with Crippen LogP contribution in [0.5, 0.6) is 0 Å². The second-order valence-electron chi connectivity index (χ2n) is 2.58. The summed E-state index contributed by atoms with van der Waals surface area (Å²) in [6.45, 7) is 0. The summed E-state index contributed by atoms with van der Waals surface area (Å²) in [7, 11) is 0. The molecule has 0 saturated heterocycles. The van der Waals surface area contributed by atoms with E-state index >= 15 is 0 Å². The minimum atomic E-state index is -0.204. The first-order valence-corrected chi connectivity index (χ1v) is 5.39. The van der Waals surface area contributed by atoms with Gasteiger partial charge in [0.15, 0.2) is 0 Å². The van der Waals surface area contributed by atoms with E-state index in [2.05, 4.69) is 28.6 Å². The zero-order chi connectivity index (χ0) is 9.68. The molecule has 3 heteroatoms. The van der Waals surface area contributed by atoms with Crippen molar-refractivity contribution in [1.29, 1.82) is 0 Å². The van der Waals surface area contributed by atoms with Gasteiger partial charge >= 0.3 is 0 Å². The number of hydrogen-bond acceptors (Lipinski definition) is 1. The molecule has 0 fully saturated rings. The van der Waals surface area contributed by atoms with E-state index in [1.165, 1.54) is 6.07 Å². The lowest BCUT2D eigenvalue weighted by atomic mass is 10.2. The zero-order valence-electron chi connectivity index (χ0n) is 7.00. The van der Waals surface area contributed by atoms with E-state index < -0.39 is 0 Å². The van der Waals surface area contributed by atoms with Crippen molar-refractivity contribution < 1.29 is 4.39 Å². The Kier molecular flexibility index (Phi) is 4.53. The topological polar surface area (TPSA) is 0 Å². The molecular formula is C10H10BrFS. The van der Waals surface area contributed by atoms with Crippen molar-refractivity contribution in [3.05, 3.63) is 40.1 Å². The van der Waals surface area contributed by atoms with Crippen LogP contribution in [0.4, 0.5) is 4.39 Å². The molecule has 13 heavy (non-hydrogen) atoms. The summed E-state index contributed by atoms with van der Waals surface area (Å²) in [6.07, 6.45) is 4.55. The zero-order valence-corrected chi connectivity index (χ0v) is 9.48.